The van der Waals surface area contributed by atoms with Crippen molar-refractivity contribution in [2.75, 3.05) is 5.32 Å². The average molecular weight is 399 g/mol. The number of rotatable bonds is 3. The summed E-state index contributed by atoms with van der Waals surface area (Å²) in [4.78, 5) is 22.5. The Morgan fingerprint density at radius 2 is 2.26 bits per heavy atom. The number of fused-ring (bicyclic) bond motifs is 4. The van der Waals surface area contributed by atoms with Crippen molar-refractivity contribution in [3.8, 4) is 0 Å². The van der Waals surface area contributed by atoms with Gasteiger partial charge in [-0.1, -0.05) is 11.6 Å². The number of aryl methyl sites for hydroxylation is 1. The lowest BCUT2D eigenvalue weighted by Gasteiger charge is -2.19. The maximum Gasteiger partial charge on any atom is 0.220 e. The number of thiophene rings is 1. The predicted octanol–water partition coefficient (Wildman–Crippen LogP) is 3.33. The monoisotopic (exact) mass is 398 g/mol. The van der Waals surface area contributed by atoms with Crippen molar-refractivity contribution >= 4 is 56.1 Å². The fraction of sp³-hybridized carbons (Fsp3) is 0.222. The van der Waals surface area contributed by atoms with E-state index in [0.29, 0.717) is 11.4 Å². The van der Waals surface area contributed by atoms with Crippen LogP contribution < -0.4 is 11.1 Å². The summed E-state index contributed by atoms with van der Waals surface area (Å²) in [5.74, 6) is 0.387. The van der Waals surface area contributed by atoms with E-state index in [-0.39, 0.29) is 11.8 Å². The van der Waals surface area contributed by atoms with Crippen molar-refractivity contribution < 1.29 is 4.79 Å². The van der Waals surface area contributed by atoms with Crippen molar-refractivity contribution in [3.63, 3.8) is 0 Å². The highest BCUT2D eigenvalue weighted by Gasteiger charge is 2.28. The molecule has 5 rings (SSSR count). The van der Waals surface area contributed by atoms with Crippen LogP contribution in [0.15, 0.2) is 30.9 Å². The van der Waals surface area contributed by atoms with E-state index in [1.165, 1.54) is 10.4 Å². The molecule has 9 heteroatoms. The summed E-state index contributed by atoms with van der Waals surface area (Å²) in [5, 5.41) is 9.14. The summed E-state index contributed by atoms with van der Waals surface area (Å²) in [6, 6.07) is 3.73. The van der Waals surface area contributed by atoms with Crippen LogP contribution in [0.4, 0.5) is 11.5 Å². The van der Waals surface area contributed by atoms with Gasteiger partial charge in [0.1, 0.15) is 17.0 Å². The lowest BCUT2D eigenvalue weighted by Crippen LogP contribution is -2.27. The SMILES string of the molecule is NC(=O)[C@H]1CCc2c(sc3ncnc(Nc4ccn5nccc5c4Cl)c23)C1. The molecule has 0 spiro atoms. The third-order valence-electron chi connectivity index (χ3n) is 5.01. The first-order valence-corrected chi connectivity index (χ1v) is 9.74. The Labute approximate surface area is 163 Å². The molecule has 0 saturated heterocycles. The molecule has 7 nitrogen and oxygen atoms in total. The zero-order valence-electron chi connectivity index (χ0n) is 14.1. The first kappa shape index (κ1) is 16.5. The molecule has 27 heavy (non-hydrogen) atoms. The van der Waals surface area contributed by atoms with E-state index in [4.69, 9.17) is 17.3 Å². The molecule has 1 aliphatic rings. The van der Waals surface area contributed by atoms with Crippen molar-refractivity contribution in [1.82, 2.24) is 19.6 Å². The highest BCUT2D eigenvalue weighted by molar-refractivity contribution is 7.19. The summed E-state index contributed by atoms with van der Waals surface area (Å²) < 4.78 is 1.72. The zero-order valence-corrected chi connectivity index (χ0v) is 15.7. The molecule has 0 aliphatic heterocycles. The van der Waals surface area contributed by atoms with Crippen molar-refractivity contribution in [2.24, 2.45) is 11.7 Å². The number of hydrogen-bond donors (Lipinski definition) is 2. The van der Waals surface area contributed by atoms with Gasteiger partial charge in [0.2, 0.25) is 5.91 Å². The van der Waals surface area contributed by atoms with Gasteiger partial charge in [0.05, 0.1) is 27.8 Å². The Morgan fingerprint density at radius 1 is 1.37 bits per heavy atom. The smallest absolute Gasteiger partial charge is 0.220 e. The van der Waals surface area contributed by atoms with Crippen LogP contribution in [0, 0.1) is 5.92 Å². The molecule has 4 aromatic heterocycles. The van der Waals surface area contributed by atoms with Gasteiger partial charge < -0.3 is 11.1 Å². The lowest BCUT2D eigenvalue weighted by atomic mass is 9.87. The Hall–Kier alpha value is -2.71. The van der Waals surface area contributed by atoms with Crippen LogP contribution in [0.2, 0.25) is 5.02 Å². The van der Waals surface area contributed by atoms with E-state index in [1.807, 2.05) is 18.3 Å². The normalized spacial score (nSPS) is 16.6. The Kier molecular flexibility index (Phi) is 3.76. The standard InChI is InChI=1S/C18H15ClN6OS/c19-15-11(4-6-25-12(15)3-5-23-25)24-17-14-10-2-1-9(16(20)26)7-13(10)27-18(14)22-8-21-17/h3-6,8-9H,1-2,7H2,(H2,20,26)(H,21,22,24)/t9-/m0/s1. The van der Waals surface area contributed by atoms with Crippen LogP contribution in [-0.2, 0) is 17.6 Å². The van der Waals surface area contributed by atoms with Crippen LogP contribution in [0.5, 0.6) is 0 Å². The zero-order chi connectivity index (χ0) is 18.5. The molecule has 0 aromatic carbocycles. The van der Waals surface area contributed by atoms with E-state index >= 15 is 0 Å². The molecular formula is C18H15ClN6OS. The number of aromatic nitrogens is 4. The van der Waals surface area contributed by atoms with Gasteiger partial charge in [-0.25, -0.2) is 14.5 Å². The van der Waals surface area contributed by atoms with Crippen molar-refractivity contribution in [2.45, 2.75) is 19.3 Å². The van der Waals surface area contributed by atoms with Crippen LogP contribution in [0.1, 0.15) is 16.9 Å². The second-order valence-corrected chi connectivity index (χ2v) is 8.04. The first-order chi connectivity index (χ1) is 13.1. The minimum Gasteiger partial charge on any atom is -0.369 e. The van der Waals surface area contributed by atoms with E-state index in [1.54, 1.807) is 28.4 Å². The van der Waals surface area contributed by atoms with E-state index in [2.05, 4.69) is 20.4 Å². The van der Waals surface area contributed by atoms with Gasteiger partial charge in [-0.05, 0) is 37.0 Å². The Balaban J connectivity index is 1.59. The molecule has 0 radical (unpaired) electrons. The molecule has 0 saturated carbocycles. The number of nitrogens with two attached hydrogens (primary N) is 1. The topological polar surface area (TPSA) is 98.2 Å². The minimum atomic E-state index is -0.233. The molecule has 4 heterocycles. The predicted molar refractivity (Wildman–Crippen MR) is 106 cm³/mol. The minimum absolute atomic E-state index is 0.103. The number of anilines is 2. The number of pyridine rings is 1. The molecule has 1 atom stereocenters. The summed E-state index contributed by atoms with van der Waals surface area (Å²) >= 11 is 8.15. The number of halogens is 1. The number of amides is 1. The van der Waals surface area contributed by atoms with Crippen molar-refractivity contribution in [1.29, 1.82) is 0 Å². The molecule has 0 bridgehead atoms. The van der Waals surface area contributed by atoms with Gasteiger partial charge in [0.25, 0.3) is 0 Å². The van der Waals surface area contributed by atoms with Crippen molar-refractivity contribution in [3.05, 3.63) is 46.3 Å². The summed E-state index contributed by atoms with van der Waals surface area (Å²) in [7, 11) is 0. The highest BCUT2D eigenvalue weighted by Crippen LogP contribution is 2.41. The average Bonchev–Trinajstić information content (AvgIpc) is 3.28. The van der Waals surface area contributed by atoms with Gasteiger partial charge >= 0.3 is 0 Å². The summed E-state index contributed by atoms with van der Waals surface area (Å²) in [6.07, 6.45) is 7.32. The van der Waals surface area contributed by atoms with Crippen LogP contribution in [-0.4, -0.2) is 25.5 Å². The van der Waals surface area contributed by atoms with Gasteiger partial charge in [-0.3, -0.25) is 4.79 Å². The Bertz CT molecular complexity index is 1200. The number of carbonyl (C=O) groups excluding carboxylic acids is 1. The van der Waals surface area contributed by atoms with E-state index in [0.717, 1.165) is 40.1 Å². The first-order valence-electron chi connectivity index (χ1n) is 8.55. The summed E-state index contributed by atoms with van der Waals surface area (Å²) in [5.41, 5.74) is 8.30. The number of primary amides is 1. The van der Waals surface area contributed by atoms with Gasteiger partial charge in [0.15, 0.2) is 0 Å². The molecule has 1 amide bonds. The molecule has 4 aromatic rings. The fourth-order valence-corrected chi connectivity index (χ4v) is 5.16. The molecule has 3 N–H and O–H groups in total. The van der Waals surface area contributed by atoms with Gasteiger partial charge in [0, 0.05) is 17.0 Å². The van der Waals surface area contributed by atoms with Crippen LogP contribution in [0.3, 0.4) is 0 Å². The number of nitrogens with one attached hydrogen (secondary N) is 1. The number of carbonyl (C=O) groups is 1. The van der Waals surface area contributed by atoms with E-state index < -0.39 is 0 Å². The maximum atomic E-state index is 11.6. The third-order valence-corrected chi connectivity index (χ3v) is 6.57. The third kappa shape index (κ3) is 2.64. The second-order valence-electron chi connectivity index (χ2n) is 6.58. The fourth-order valence-electron chi connectivity index (χ4n) is 3.64. The molecule has 0 fully saturated rings. The second kappa shape index (κ2) is 6.17. The maximum absolute atomic E-state index is 11.6. The largest absolute Gasteiger partial charge is 0.369 e. The molecule has 1 aliphatic carbocycles. The lowest BCUT2D eigenvalue weighted by molar-refractivity contribution is -0.122. The van der Waals surface area contributed by atoms with E-state index in [9.17, 15) is 4.79 Å². The highest BCUT2D eigenvalue weighted by atomic mass is 35.5. The van der Waals surface area contributed by atoms with Crippen LogP contribution in [0.25, 0.3) is 15.7 Å². The molecular weight excluding hydrogens is 384 g/mol. The summed E-state index contributed by atoms with van der Waals surface area (Å²) in [6.45, 7) is 0. The van der Waals surface area contributed by atoms with Gasteiger partial charge in [-0.2, -0.15) is 5.10 Å². The molecule has 136 valence electrons. The Morgan fingerprint density at radius 3 is 3.11 bits per heavy atom. The number of nitrogens with zero attached hydrogens (tertiary/aromatic N) is 4. The quantitative estimate of drug-likeness (QED) is 0.551. The number of hydrogen-bond acceptors (Lipinski definition) is 6. The molecule has 0 unspecified atom stereocenters. The van der Waals surface area contributed by atoms with Gasteiger partial charge in [-0.15, -0.1) is 11.3 Å². The van der Waals surface area contributed by atoms with Crippen LogP contribution >= 0.6 is 22.9 Å².